The Labute approximate surface area is 145 Å². The van der Waals surface area contributed by atoms with Crippen molar-refractivity contribution in [2.75, 3.05) is 12.4 Å². The highest BCUT2D eigenvalue weighted by atomic mass is 16.5. The number of hydrogen-bond acceptors (Lipinski definition) is 5. The predicted molar refractivity (Wildman–Crippen MR) is 94.9 cm³/mol. The molecule has 0 atom stereocenters. The fourth-order valence-electron chi connectivity index (χ4n) is 2.06. The Morgan fingerprint density at radius 1 is 1.16 bits per heavy atom. The number of hydrazone groups is 1. The van der Waals surface area contributed by atoms with Crippen LogP contribution in [-0.2, 0) is 9.59 Å². The van der Waals surface area contributed by atoms with Crippen LogP contribution in [0.3, 0.4) is 0 Å². The first kappa shape index (κ1) is 18.0. The van der Waals surface area contributed by atoms with Gasteiger partial charge in [0, 0.05) is 5.69 Å². The lowest BCUT2D eigenvalue weighted by Crippen LogP contribution is -2.32. The van der Waals surface area contributed by atoms with E-state index in [1.54, 1.807) is 24.3 Å². The summed E-state index contributed by atoms with van der Waals surface area (Å²) in [5.41, 5.74) is 5.22. The van der Waals surface area contributed by atoms with Gasteiger partial charge in [-0.05, 0) is 54.8 Å². The number of benzene rings is 2. The molecule has 0 heterocycles. The molecule has 2 aromatic rings. The number of rotatable bonds is 4. The molecular weight excluding hydrogens is 322 g/mol. The average Bonchev–Trinajstić information content (AvgIpc) is 2.60. The molecule has 0 saturated heterocycles. The third-order valence-electron chi connectivity index (χ3n) is 3.64. The maximum Gasteiger partial charge on any atom is 0.329 e. The number of phenols is 1. The fraction of sp³-hybridized carbons (Fsp3) is 0.167. The lowest BCUT2D eigenvalue weighted by molar-refractivity contribution is -0.136. The third kappa shape index (κ3) is 4.57. The van der Waals surface area contributed by atoms with Gasteiger partial charge in [0.25, 0.3) is 0 Å². The van der Waals surface area contributed by atoms with Crippen molar-refractivity contribution >= 4 is 23.7 Å². The lowest BCUT2D eigenvalue weighted by atomic mass is 10.1. The predicted octanol–water partition coefficient (Wildman–Crippen LogP) is 2.11. The summed E-state index contributed by atoms with van der Waals surface area (Å²) in [5.74, 6) is -1.42. The van der Waals surface area contributed by atoms with Crippen LogP contribution in [0.15, 0.2) is 41.5 Å². The Morgan fingerprint density at radius 2 is 1.92 bits per heavy atom. The fourth-order valence-corrected chi connectivity index (χ4v) is 2.06. The second-order valence-corrected chi connectivity index (χ2v) is 5.33. The Morgan fingerprint density at radius 3 is 2.64 bits per heavy atom. The summed E-state index contributed by atoms with van der Waals surface area (Å²) in [7, 11) is 1.43. The number of nitrogens with zero attached hydrogens (tertiary/aromatic N) is 1. The van der Waals surface area contributed by atoms with Crippen LogP contribution in [0.5, 0.6) is 11.5 Å². The number of anilines is 1. The number of methoxy groups -OCH3 is 1. The van der Waals surface area contributed by atoms with Gasteiger partial charge in [-0.1, -0.05) is 12.1 Å². The summed E-state index contributed by atoms with van der Waals surface area (Å²) in [5, 5.41) is 15.8. The largest absolute Gasteiger partial charge is 0.504 e. The second kappa shape index (κ2) is 7.96. The maximum atomic E-state index is 11.9. The van der Waals surface area contributed by atoms with Crippen LogP contribution < -0.4 is 15.5 Å². The SMILES string of the molecule is COc1cc(/C=N/NC(=O)C(=O)Nc2cccc(C)c2C)ccc1O. The summed E-state index contributed by atoms with van der Waals surface area (Å²) in [6.45, 7) is 3.78. The Bertz CT molecular complexity index is 831. The number of aryl methyl sites for hydroxylation is 1. The molecule has 2 aromatic carbocycles. The van der Waals surface area contributed by atoms with Crippen LogP contribution >= 0.6 is 0 Å². The van der Waals surface area contributed by atoms with E-state index >= 15 is 0 Å². The van der Waals surface area contributed by atoms with E-state index in [1.807, 2.05) is 19.9 Å². The lowest BCUT2D eigenvalue weighted by Gasteiger charge is -2.09. The number of ether oxygens (including phenoxy) is 1. The minimum Gasteiger partial charge on any atom is -0.504 e. The van der Waals surface area contributed by atoms with Gasteiger partial charge < -0.3 is 15.2 Å². The number of carbonyl (C=O) groups is 2. The Balaban J connectivity index is 1.97. The zero-order chi connectivity index (χ0) is 18.4. The highest BCUT2D eigenvalue weighted by Gasteiger charge is 2.14. The molecule has 0 aliphatic carbocycles. The summed E-state index contributed by atoms with van der Waals surface area (Å²) in [4.78, 5) is 23.7. The minimum absolute atomic E-state index is 0.00316. The van der Waals surface area contributed by atoms with Crippen LogP contribution in [0, 0.1) is 13.8 Å². The van der Waals surface area contributed by atoms with Gasteiger partial charge in [-0.3, -0.25) is 9.59 Å². The van der Waals surface area contributed by atoms with Crippen LogP contribution in [0.25, 0.3) is 0 Å². The highest BCUT2D eigenvalue weighted by molar-refractivity contribution is 6.39. The number of phenolic OH excluding ortho intramolecular Hbond substituents is 1. The molecule has 2 rings (SSSR count). The van der Waals surface area contributed by atoms with Gasteiger partial charge in [0.05, 0.1) is 13.3 Å². The van der Waals surface area contributed by atoms with E-state index in [0.29, 0.717) is 11.3 Å². The molecule has 0 saturated carbocycles. The number of nitrogens with one attached hydrogen (secondary N) is 2. The first-order valence-corrected chi connectivity index (χ1v) is 7.50. The zero-order valence-electron chi connectivity index (χ0n) is 14.2. The summed E-state index contributed by atoms with van der Waals surface area (Å²) >= 11 is 0. The summed E-state index contributed by atoms with van der Waals surface area (Å²) < 4.78 is 4.98. The number of amides is 2. The van der Waals surface area contributed by atoms with Crippen LogP contribution in [0.2, 0.25) is 0 Å². The van der Waals surface area contributed by atoms with E-state index in [2.05, 4.69) is 15.8 Å². The minimum atomic E-state index is -0.886. The molecule has 0 bridgehead atoms. The molecule has 7 heteroatoms. The van der Waals surface area contributed by atoms with Gasteiger partial charge in [-0.25, -0.2) is 5.43 Å². The van der Waals surface area contributed by atoms with E-state index in [0.717, 1.165) is 11.1 Å². The molecule has 0 aliphatic rings. The number of carbonyl (C=O) groups excluding carboxylic acids is 2. The van der Waals surface area contributed by atoms with Crippen molar-refractivity contribution in [2.24, 2.45) is 5.10 Å². The smallest absolute Gasteiger partial charge is 0.329 e. The summed E-state index contributed by atoms with van der Waals surface area (Å²) in [6.07, 6.45) is 1.34. The molecule has 0 unspecified atom stereocenters. The first-order valence-electron chi connectivity index (χ1n) is 7.50. The maximum absolute atomic E-state index is 11.9. The van der Waals surface area contributed by atoms with Crippen LogP contribution in [-0.4, -0.2) is 30.2 Å². The second-order valence-electron chi connectivity index (χ2n) is 5.33. The number of hydrogen-bond donors (Lipinski definition) is 3. The monoisotopic (exact) mass is 341 g/mol. The van der Waals surface area contributed by atoms with Gasteiger partial charge >= 0.3 is 11.8 Å². The van der Waals surface area contributed by atoms with Gasteiger partial charge in [0.15, 0.2) is 11.5 Å². The molecule has 0 fully saturated rings. The van der Waals surface area contributed by atoms with Crippen molar-refractivity contribution in [1.29, 1.82) is 0 Å². The van der Waals surface area contributed by atoms with Crippen molar-refractivity contribution in [3.63, 3.8) is 0 Å². The van der Waals surface area contributed by atoms with Crippen molar-refractivity contribution < 1.29 is 19.4 Å². The van der Waals surface area contributed by atoms with Crippen molar-refractivity contribution in [1.82, 2.24) is 5.43 Å². The van der Waals surface area contributed by atoms with E-state index < -0.39 is 11.8 Å². The molecule has 0 aromatic heterocycles. The topological polar surface area (TPSA) is 100 Å². The molecule has 3 N–H and O–H groups in total. The number of aromatic hydroxyl groups is 1. The van der Waals surface area contributed by atoms with Crippen LogP contribution in [0.4, 0.5) is 5.69 Å². The van der Waals surface area contributed by atoms with Crippen molar-refractivity contribution in [3.05, 3.63) is 53.1 Å². The molecule has 2 amide bonds. The van der Waals surface area contributed by atoms with Crippen molar-refractivity contribution in [2.45, 2.75) is 13.8 Å². The third-order valence-corrected chi connectivity index (χ3v) is 3.64. The Hall–Kier alpha value is -3.35. The van der Waals surface area contributed by atoms with E-state index in [9.17, 15) is 14.7 Å². The van der Waals surface area contributed by atoms with E-state index in [4.69, 9.17) is 4.74 Å². The normalized spacial score (nSPS) is 10.5. The zero-order valence-corrected chi connectivity index (χ0v) is 14.2. The standard InChI is InChI=1S/C18H19N3O4/c1-11-5-4-6-14(12(11)2)20-17(23)18(24)21-19-10-13-7-8-15(22)16(9-13)25-3/h4-10,22H,1-3H3,(H,20,23)(H,21,24)/b19-10+. The van der Waals surface area contributed by atoms with Gasteiger partial charge in [-0.15, -0.1) is 0 Å². The quantitative estimate of drug-likeness (QED) is 0.450. The van der Waals surface area contributed by atoms with Crippen LogP contribution in [0.1, 0.15) is 16.7 Å². The molecule has 7 nitrogen and oxygen atoms in total. The highest BCUT2D eigenvalue weighted by Crippen LogP contribution is 2.25. The molecular formula is C18H19N3O4. The van der Waals surface area contributed by atoms with Crippen molar-refractivity contribution in [3.8, 4) is 11.5 Å². The van der Waals surface area contributed by atoms with E-state index in [-0.39, 0.29) is 11.5 Å². The molecule has 0 radical (unpaired) electrons. The first-order chi connectivity index (χ1) is 11.9. The molecule has 0 aliphatic heterocycles. The van der Waals surface area contributed by atoms with E-state index in [1.165, 1.54) is 19.4 Å². The molecule has 130 valence electrons. The molecule has 0 spiro atoms. The van der Waals surface area contributed by atoms with Gasteiger partial charge in [-0.2, -0.15) is 5.10 Å². The average molecular weight is 341 g/mol. The van der Waals surface area contributed by atoms with Gasteiger partial charge in [0.1, 0.15) is 0 Å². The summed E-state index contributed by atoms with van der Waals surface area (Å²) in [6, 6.07) is 10.0. The Kier molecular flexibility index (Phi) is 5.73. The van der Waals surface area contributed by atoms with Gasteiger partial charge in [0.2, 0.25) is 0 Å². The molecule has 25 heavy (non-hydrogen) atoms.